The highest BCUT2D eigenvalue weighted by atomic mass is 32.2. The molecule has 2 amide bonds. The molecule has 0 unspecified atom stereocenters. The zero-order valence-corrected chi connectivity index (χ0v) is 22.4. The van der Waals surface area contributed by atoms with Crippen molar-refractivity contribution >= 4 is 27.5 Å². The Balaban J connectivity index is 2.13. The van der Waals surface area contributed by atoms with Crippen LogP contribution >= 0.6 is 0 Å². The molecule has 0 fully saturated rings. The fourth-order valence-corrected chi connectivity index (χ4v) is 4.97. The number of nitrogens with zero attached hydrogens (tertiary/aromatic N) is 2. The zero-order valence-electron chi connectivity index (χ0n) is 21.6. The van der Waals surface area contributed by atoms with Gasteiger partial charge in [-0.25, -0.2) is 8.42 Å². The second kappa shape index (κ2) is 13.3. The predicted molar refractivity (Wildman–Crippen MR) is 142 cm³/mol. The Kier molecular flexibility index (Phi) is 10.8. The summed E-state index contributed by atoms with van der Waals surface area (Å²) in [4.78, 5) is 27.5. The molecule has 0 spiro atoms. The lowest BCUT2D eigenvalue weighted by Crippen LogP contribution is -2.49. The third-order valence-electron chi connectivity index (χ3n) is 6.20. The second-order valence-corrected chi connectivity index (χ2v) is 10.9. The SMILES string of the molecule is CCCNC(=O)[C@H](C)N(CCc1ccccc1)C(=O)CCCN(c1cccc(C)c1C)S(C)(=O)=O. The molecule has 192 valence electrons. The van der Waals surface area contributed by atoms with Crippen molar-refractivity contribution in [3.8, 4) is 0 Å². The molecule has 1 atom stereocenters. The molecule has 0 aliphatic carbocycles. The lowest BCUT2D eigenvalue weighted by atomic mass is 10.1. The minimum Gasteiger partial charge on any atom is -0.354 e. The van der Waals surface area contributed by atoms with E-state index in [0.717, 1.165) is 23.1 Å². The highest BCUT2D eigenvalue weighted by molar-refractivity contribution is 7.92. The smallest absolute Gasteiger partial charge is 0.242 e. The first-order valence-corrected chi connectivity index (χ1v) is 14.1. The number of carbonyl (C=O) groups excluding carboxylic acids is 2. The fraction of sp³-hybridized carbons (Fsp3) is 0.481. The van der Waals surface area contributed by atoms with Gasteiger partial charge in [-0.3, -0.25) is 13.9 Å². The van der Waals surface area contributed by atoms with Gasteiger partial charge in [-0.1, -0.05) is 49.4 Å². The van der Waals surface area contributed by atoms with Gasteiger partial charge in [-0.2, -0.15) is 0 Å². The van der Waals surface area contributed by atoms with Gasteiger partial charge in [-0.05, 0) is 62.8 Å². The molecule has 7 nitrogen and oxygen atoms in total. The second-order valence-electron chi connectivity index (χ2n) is 8.95. The van der Waals surface area contributed by atoms with E-state index < -0.39 is 16.1 Å². The van der Waals surface area contributed by atoms with Crippen molar-refractivity contribution in [3.63, 3.8) is 0 Å². The van der Waals surface area contributed by atoms with Crippen LogP contribution in [0.15, 0.2) is 48.5 Å². The molecule has 0 radical (unpaired) electrons. The first kappa shape index (κ1) is 28.4. The Bertz CT molecular complexity index is 1090. The maximum Gasteiger partial charge on any atom is 0.242 e. The van der Waals surface area contributed by atoms with Gasteiger partial charge in [0, 0.05) is 26.1 Å². The van der Waals surface area contributed by atoms with E-state index in [0.29, 0.717) is 31.6 Å². The summed E-state index contributed by atoms with van der Waals surface area (Å²) in [5.41, 5.74) is 3.62. The minimum atomic E-state index is -3.52. The largest absolute Gasteiger partial charge is 0.354 e. The number of hydrogen-bond acceptors (Lipinski definition) is 4. The monoisotopic (exact) mass is 501 g/mol. The molecule has 0 bridgehead atoms. The summed E-state index contributed by atoms with van der Waals surface area (Å²) in [6, 6.07) is 14.8. The Morgan fingerprint density at radius 2 is 1.69 bits per heavy atom. The van der Waals surface area contributed by atoms with Gasteiger partial charge in [0.05, 0.1) is 11.9 Å². The summed E-state index contributed by atoms with van der Waals surface area (Å²) in [6.45, 7) is 8.73. The van der Waals surface area contributed by atoms with Gasteiger partial charge in [0.15, 0.2) is 0 Å². The molecule has 0 saturated heterocycles. The summed E-state index contributed by atoms with van der Waals surface area (Å²) in [6.07, 6.45) is 3.14. The van der Waals surface area contributed by atoms with Gasteiger partial charge in [-0.15, -0.1) is 0 Å². The van der Waals surface area contributed by atoms with E-state index in [1.54, 1.807) is 17.9 Å². The quantitative estimate of drug-likeness (QED) is 0.452. The van der Waals surface area contributed by atoms with E-state index in [2.05, 4.69) is 5.32 Å². The van der Waals surface area contributed by atoms with Gasteiger partial charge >= 0.3 is 0 Å². The molecule has 1 N–H and O–H groups in total. The number of carbonyl (C=O) groups is 2. The molecule has 2 rings (SSSR count). The Morgan fingerprint density at radius 1 is 1.00 bits per heavy atom. The Labute approximate surface area is 210 Å². The molecule has 35 heavy (non-hydrogen) atoms. The third kappa shape index (κ3) is 8.38. The number of benzene rings is 2. The first-order chi connectivity index (χ1) is 16.6. The molecular weight excluding hydrogens is 462 g/mol. The van der Waals surface area contributed by atoms with Crippen LogP contribution in [-0.2, 0) is 26.0 Å². The predicted octanol–water partition coefficient (Wildman–Crippen LogP) is 3.84. The number of rotatable bonds is 13. The molecule has 0 saturated carbocycles. The lowest BCUT2D eigenvalue weighted by Gasteiger charge is -2.29. The first-order valence-electron chi connectivity index (χ1n) is 12.2. The standard InChI is InChI=1S/C27H39N3O4S/c1-6-18-28-27(32)23(4)29(20-17-24-13-8-7-9-14-24)26(31)16-11-19-30(35(5,33)34)25-15-10-12-21(2)22(25)3/h7-10,12-15,23H,6,11,16-20H2,1-5H3,(H,28,32)/t23-/m0/s1. The van der Waals surface area contributed by atoms with Gasteiger partial charge < -0.3 is 10.2 Å². The third-order valence-corrected chi connectivity index (χ3v) is 7.38. The van der Waals surface area contributed by atoms with Gasteiger partial charge in [0.2, 0.25) is 21.8 Å². The average molecular weight is 502 g/mol. The van der Waals surface area contributed by atoms with Gasteiger partial charge in [0.25, 0.3) is 0 Å². The summed E-state index contributed by atoms with van der Waals surface area (Å²) < 4.78 is 26.4. The van der Waals surface area contributed by atoms with Crippen LogP contribution in [0, 0.1) is 13.8 Å². The molecule has 0 heterocycles. The molecule has 0 aliphatic rings. The number of hydrogen-bond donors (Lipinski definition) is 1. The van der Waals surface area contributed by atoms with Crippen molar-refractivity contribution in [1.29, 1.82) is 0 Å². The van der Waals surface area contributed by atoms with Crippen LogP contribution in [0.3, 0.4) is 0 Å². The number of nitrogens with one attached hydrogen (secondary N) is 1. The highest BCUT2D eigenvalue weighted by Gasteiger charge is 2.26. The van der Waals surface area contributed by atoms with Crippen LogP contribution in [0.1, 0.15) is 49.8 Å². The van der Waals surface area contributed by atoms with Crippen LogP contribution in [-0.4, -0.2) is 57.1 Å². The Hall–Kier alpha value is -2.87. The topological polar surface area (TPSA) is 86.8 Å². The van der Waals surface area contributed by atoms with Crippen LogP contribution in [0.2, 0.25) is 0 Å². The summed E-state index contributed by atoms with van der Waals surface area (Å²) >= 11 is 0. The molecular formula is C27H39N3O4S. The van der Waals surface area contributed by atoms with Crippen LogP contribution in [0.5, 0.6) is 0 Å². The van der Waals surface area contributed by atoms with Crippen molar-refractivity contribution in [2.45, 2.75) is 59.4 Å². The summed E-state index contributed by atoms with van der Waals surface area (Å²) in [7, 11) is -3.52. The van der Waals surface area contributed by atoms with Crippen molar-refractivity contribution in [3.05, 3.63) is 65.2 Å². The van der Waals surface area contributed by atoms with Gasteiger partial charge in [0.1, 0.15) is 6.04 Å². The Morgan fingerprint density at radius 3 is 2.31 bits per heavy atom. The molecule has 2 aromatic rings. The number of anilines is 1. The van der Waals surface area contributed by atoms with Crippen molar-refractivity contribution < 1.29 is 18.0 Å². The van der Waals surface area contributed by atoms with E-state index in [9.17, 15) is 18.0 Å². The summed E-state index contributed by atoms with van der Waals surface area (Å²) in [5, 5.41) is 2.87. The van der Waals surface area contributed by atoms with Crippen molar-refractivity contribution in [1.82, 2.24) is 10.2 Å². The maximum atomic E-state index is 13.3. The van der Waals surface area contributed by atoms with Crippen molar-refractivity contribution in [2.75, 3.05) is 30.2 Å². The van der Waals surface area contributed by atoms with E-state index in [1.165, 1.54) is 10.6 Å². The fourth-order valence-electron chi connectivity index (χ4n) is 3.95. The van der Waals surface area contributed by atoms with Crippen molar-refractivity contribution in [2.24, 2.45) is 0 Å². The minimum absolute atomic E-state index is 0.150. The molecule has 2 aromatic carbocycles. The average Bonchev–Trinajstić information content (AvgIpc) is 2.82. The number of sulfonamides is 1. The van der Waals surface area contributed by atoms with E-state index in [4.69, 9.17) is 0 Å². The number of amides is 2. The van der Waals surface area contributed by atoms with E-state index >= 15 is 0 Å². The highest BCUT2D eigenvalue weighted by Crippen LogP contribution is 2.25. The molecule has 8 heteroatoms. The lowest BCUT2D eigenvalue weighted by molar-refractivity contribution is -0.139. The van der Waals surface area contributed by atoms with Crippen LogP contribution in [0.4, 0.5) is 5.69 Å². The van der Waals surface area contributed by atoms with Crippen LogP contribution in [0.25, 0.3) is 0 Å². The number of aryl methyl sites for hydroxylation is 1. The molecule has 0 aliphatic heterocycles. The van der Waals surface area contributed by atoms with E-state index in [1.807, 2.05) is 63.2 Å². The molecule has 0 aromatic heterocycles. The summed E-state index contributed by atoms with van der Waals surface area (Å²) in [5.74, 6) is -0.337. The zero-order chi connectivity index (χ0) is 26.0. The van der Waals surface area contributed by atoms with Crippen LogP contribution < -0.4 is 9.62 Å². The maximum absolute atomic E-state index is 13.3. The van der Waals surface area contributed by atoms with E-state index in [-0.39, 0.29) is 24.8 Å². The normalized spacial score (nSPS) is 12.1.